The highest BCUT2D eigenvalue weighted by molar-refractivity contribution is 6.32. The first-order valence-corrected chi connectivity index (χ1v) is 9.35. The quantitative estimate of drug-likeness (QED) is 0.486. The summed E-state index contributed by atoms with van der Waals surface area (Å²) < 4.78 is 11.2. The van der Waals surface area contributed by atoms with E-state index in [2.05, 4.69) is 0 Å². The summed E-state index contributed by atoms with van der Waals surface area (Å²) in [6.45, 7) is 7.53. The van der Waals surface area contributed by atoms with Crippen molar-refractivity contribution in [2.45, 2.75) is 53.4 Å². The van der Waals surface area contributed by atoms with Crippen LogP contribution >= 0.6 is 11.6 Å². The lowest BCUT2D eigenvalue weighted by Gasteiger charge is -2.19. The summed E-state index contributed by atoms with van der Waals surface area (Å²) >= 11 is 6.20. The van der Waals surface area contributed by atoms with Crippen molar-refractivity contribution < 1.29 is 29.3 Å². The average molecular weight is 401 g/mol. The molecule has 0 atom stereocenters. The number of hydrogen-bond acceptors (Lipinski definition) is 4. The molecule has 0 aromatic heterocycles. The molecule has 0 heterocycles. The van der Waals surface area contributed by atoms with Gasteiger partial charge in [-0.15, -0.1) is 0 Å². The van der Waals surface area contributed by atoms with E-state index in [0.717, 1.165) is 0 Å². The Labute approximate surface area is 165 Å². The zero-order chi connectivity index (χ0) is 20.7. The third-order valence-electron chi connectivity index (χ3n) is 4.48. The van der Waals surface area contributed by atoms with Crippen molar-refractivity contribution in [2.75, 3.05) is 13.2 Å². The molecule has 0 amide bonds. The van der Waals surface area contributed by atoms with Gasteiger partial charge in [0, 0.05) is 6.07 Å². The standard InChI is InChI=1S/C20H29ClO6/c1-19(2,17(22)23)9-5-11-26-14-7-8-16(15(21)13-14)27-12-6-10-20(3,4)18(24)25/h7-8,13H,5-6,9-12H2,1-4H3,(H,22,23)(H,24,25). The van der Waals surface area contributed by atoms with Crippen molar-refractivity contribution in [3.63, 3.8) is 0 Å². The first kappa shape index (κ1) is 23.1. The van der Waals surface area contributed by atoms with Gasteiger partial charge < -0.3 is 19.7 Å². The van der Waals surface area contributed by atoms with Crippen LogP contribution in [0.5, 0.6) is 11.5 Å². The molecule has 1 rings (SSSR count). The van der Waals surface area contributed by atoms with Crippen LogP contribution in [0, 0.1) is 10.8 Å². The molecule has 0 saturated carbocycles. The Morgan fingerprint density at radius 2 is 1.41 bits per heavy atom. The minimum absolute atomic E-state index is 0.376. The van der Waals surface area contributed by atoms with Gasteiger partial charge in [0.15, 0.2) is 0 Å². The van der Waals surface area contributed by atoms with Gasteiger partial charge in [0.25, 0.3) is 0 Å². The molecule has 1 aromatic rings. The molecule has 0 saturated heterocycles. The topological polar surface area (TPSA) is 93.1 Å². The Bertz CT molecular complexity index is 654. The van der Waals surface area contributed by atoms with Gasteiger partial charge in [0.2, 0.25) is 0 Å². The van der Waals surface area contributed by atoms with Crippen LogP contribution in [0.15, 0.2) is 18.2 Å². The SMILES string of the molecule is CC(C)(CCCOc1ccc(OCCCC(C)(C)C(=O)O)c(Cl)c1)C(=O)O. The molecule has 7 heteroatoms. The summed E-state index contributed by atoms with van der Waals surface area (Å²) in [7, 11) is 0. The maximum atomic E-state index is 11.1. The third kappa shape index (κ3) is 7.67. The van der Waals surface area contributed by atoms with Gasteiger partial charge in [0.05, 0.1) is 29.1 Å². The second-order valence-electron chi connectivity index (χ2n) is 7.87. The Morgan fingerprint density at radius 1 is 0.926 bits per heavy atom. The number of rotatable bonds is 12. The van der Waals surface area contributed by atoms with Gasteiger partial charge in [-0.3, -0.25) is 9.59 Å². The van der Waals surface area contributed by atoms with Crippen molar-refractivity contribution in [3.05, 3.63) is 23.2 Å². The fourth-order valence-electron chi connectivity index (χ4n) is 2.30. The van der Waals surface area contributed by atoms with Crippen LogP contribution in [-0.4, -0.2) is 35.4 Å². The van der Waals surface area contributed by atoms with E-state index >= 15 is 0 Å². The Morgan fingerprint density at radius 3 is 1.85 bits per heavy atom. The summed E-state index contributed by atoms with van der Waals surface area (Å²) in [5, 5.41) is 18.6. The normalized spacial score (nSPS) is 11.9. The van der Waals surface area contributed by atoms with Crippen LogP contribution < -0.4 is 9.47 Å². The van der Waals surface area contributed by atoms with Crippen LogP contribution in [-0.2, 0) is 9.59 Å². The molecule has 1 aromatic carbocycles. The number of aliphatic carboxylic acids is 2. The van der Waals surface area contributed by atoms with E-state index in [9.17, 15) is 9.59 Å². The van der Waals surface area contributed by atoms with Gasteiger partial charge in [-0.25, -0.2) is 0 Å². The molecular formula is C20H29ClO6. The molecule has 0 aliphatic carbocycles. The van der Waals surface area contributed by atoms with Gasteiger partial charge >= 0.3 is 11.9 Å². The second-order valence-corrected chi connectivity index (χ2v) is 8.28. The van der Waals surface area contributed by atoms with Gasteiger partial charge in [0.1, 0.15) is 11.5 Å². The highest BCUT2D eigenvalue weighted by Crippen LogP contribution is 2.30. The molecule has 0 unspecified atom stereocenters. The molecule has 0 aliphatic heterocycles. The highest BCUT2D eigenvalue weighted by Gasteiger charge is 2.27. The van der Waals surface area contributed by atoms with Crippen LogP contribution in [0.25, 0.3) is 0 Å². The Kier molecular flexibility index (Phi) is 8.41. The number of benzene rings is 1. The Hall–Kier alpha value is -1.95. The van der Waals surface area contributed by atoms with E-state index < -0.39 is 22.8 Å². The van der Waals surface area contributed by atoms with E-state index in [1.807, 2.05) is 0 Å². The molecule has 0 spiro atoms. The highest BCUT2D eigenvalue weighted by atomic mass is 35.5. The van der Waals surface area contributed by atoms with Gasteiger partial charge in [-0.05, 0) is 65.5 Å². The van der Waals surface area contributed by atoms with Crippen molar-refractivity contribution in [1.82, 2.24) is 0 Å². The van der Waals surface area contributed by atoms with E-state index in [-0.39, 0.29) is 0 Å². The fraction of sp³-hybridized carbons (Fsp3) is 0.600. The van der Waals surface area contributed by atoms with Crippen LogP contribution in [0.4, 0.5) is 0 Å². The zero-order valence-electron chi connectivity index (χ0n) is 16.4. The first-order chi connectivity index (χ1) is 12.5. The van der Waals surface area contributed by atoms with Gasteiger partial charge in [-0.1, -0.05) is 11.6 Å². The summed E-state index contributed by atoms with van der Waals surface area (Å²) in [5.74, 6) is -0.538. The predicted molar refractivity (Wildman–Crippen MR) is 104 cm³/mol. The van der Waals surface area contributed by atoms with Crippen molar-refractivity contribution >= 4 is 23.5 Å². The van der Waals surface area contributed by atoms with Crippen molar-refractivity contribution in [3.8, 4) is 11.5 Å². The van der Waals surface area contributed by atoms with Crippen LogP contribution in [0.3, 0.4) is 0 Å². The minimum Gasteiger partial charge on any atom is -0.494 e. The summed E-state index contributed by atoms with van der Waals surface area (Å²) in [6.07, 6.45) is 2.25. The number of ether oxygens (including phenoxy) is 2. The molecule has 2 N–H and O–H groups in total. The van der Waals surface area contributed by atoms with E-state index in [1.165, 1.54) is 0 Å². The maximum absolute atomic E-state index is 11.1. The lowest BCUT2D eigenvalue weighted by Crippen LogP contribution is -2.24. The molecule has 0 radical (unpaired) electrons. The summed E-state index contributed by atoms with van der Waals surface area (Å²) in [4.78, 5) is 22.1. The monoisotopic (exact) mass is 400 g/mol. The average Bonchev–Trinajstić information content (AvgIpc) is 2.56. The number of carboxylic acids is 2. The van der Waals surface area contributed by atoms with Crippen molar-refractivity contribution in [2.24, 2.45) is 10.8 Å². The predicted octanol–water partition coefficient (Wildman–Crippen LogP) is 4.88. The zero-order valence-corrected chi connectivity index (χ0v) is 17.1. The largest absolute Gasteiger partial charge is 0.494 e. The molecule has 6 nitrogen and oxygen atoms in total. The lowest BCUT2D eigenvalue weighted by atomic mass is 9.88. The molecule has 0 bridgehead atoms. The summed E-state index contributed by atoms with van der Waals surface area (Å²) in [5.41, 5.74) is -1.55. The smallest absolute Gasteiger partial charge is 0.309 e. The number of carboxylic acid groups (broad SMARTS) is 2. The van der Waals surface area contributed by atoms with Gasteiger partial charge in [-0.2, -0.15) is 0 Å². The third-order valence-corrected chi connectivity index (χ3v) is 4.78. The number of halogens is 1. The minimum atomic E-state index is -0.825. The lowest BCUT2D eigenvalue weighted by molar-refractivity contribution is -0.148. The Balaban J connectivity index is 2.41. The molecule has 27 heavy (non-hydrogen) atoms. The van der Waals surface area contributed by atoms with Crippen LogP contribution in [0.2, 0.25) is 5.02 Å². The first-order valence-electron chi connectivity index (χ1n) is 8.98. The maximum Gasteiger partial charge on any atom is 0.309 e. The van der Waals surface area contributed by atoms with Crippen LogP contribution in [0.1, 0.15) is 53.4 Å². The van der Waals surface area contributed by atoms with Crippen molar-refractivity contribution in [1.29, 1.82) is 0 Å². The van der Waals surface area contributed by atoms with E-state index in [0.29, 0.717) is 55.4 Å². The second kappa shape index (κ2) is 9.83. The molecular weight excluding hydrogens is 372 g/mol. The molecule has 0 aliphatic rings. The summed E-state index contributed by atoms with van der Waals surface area (Å²) in [6, 6.07) is 5.10. The van der Waals surface area contributed by atoms with E-state index in [4.69, 9.17) is 31.3 Å². The van der Waals surface area contributed by atoms with E-state index in [1.54, 1.807) is 45.9 Å². The molecule has 0 fully saturated rings. The molecule has 152 valence electrons. The fourth-order valence-corrected chi connectivity index (χ4v) is 2.53. The number of hydrogen-bond donors (Lipinski definition) is 2. The number of carbonyl (C=O) groups is 2.